The molecule has 1 fully saturated rings. The van der Waals surface area contributed by atoms with Gasteiger partial charge in [0, 0.05) is 18.0 Å². The van der Waals surface area contributed by atoms with Crippen molar-refractivity contribution in [1.29, 1.82) is 0 Å². The number of hydrogen-bond acceptors (Lipinski definition) is 3. The van der Waals surface area contributed by atoms with E-state index in [9.17, 15) is 8.42 Å². The molecule has 0 N–H and O–H groups in total. The monoisotopic (exact) mass is 335 g/mol. The maximum absolute atomic E-state index is 12.9. The minimum atomic E-state index is -3.41. The second-order valence-electron chi connectivity index (χ2n) is 6.23. The summed E-state index contributed by atoms with van der Waals surface area (Å²) in [6.45, 7) is 7.49. The van der Waals surface area contributed by atoms with E-state index in [-0.39, 0.29) is 11.3 Å². The first-order valence-corrected chi connectivity index (χ1v) is 9.76. The number of hydrogen-bond donors (Lipinski definition) is 0. The van der Waals surface area contributed by atoms with Crippen molar-refractivity contribution < 1.29 is 8.42 Å². The van der Waals surface area contributed by atoms with Gasteiger partial charge in [-0.2, -0.15) is 4.31 Å². The molecule has 0 bridgehead atoms. The van der Waals surface area contributed by atoms with Gasteiger partial charge in [-0.05, 0) is 42.5 Å². The Morgan fingerprint density at radius 2 is 2.05 bits per heavy atom. The van der Waals surface area contributed by atoms with E-state index in [1.807, 2.05) is 12.3 Å². The molecule has 2 heterocycles. The number of halogens is 1. The van der Waals surface area contributed by atoms with Crippen LogP contribution in [0.2, 0.25) is 0 Å². The maximum Gasteiger partial charge on any atom is 0.244 e. The molecule has 1 aliphatic rings. The zero-order valence-electron chi connectivity index (χ0n) is 12.3. The van der Waals surface area contributed by atoms with Gasteiger partial charge in [0.2, 0.25) is 10.0 Å². The normalized spacial score (nSPS) is 20.8. The molecule has 3 nitrogen and oxygen atoms in total. The Kier molecular flexibility index (Phi) is 4.84. The summed E-state index contributed by atoms with van der Waals surface area (Å²) in [5, 5.41) is 1.88. The largest absolute Gasteiger partial charge is 0.244 e. The Bertz CT molecular complexity index is 578. The van der Waals surface area contributed by atoms with Crippen LogP contribution in [-0.4, -0.2) is 25.8 Å². The van der Waals surface area contributed by atoms with Crippen LogP contribution in [0, 0.1) is 12.3 Å². The van der Waals surface area contributed by atoms with Gasteiger partial charge in [0.1, 0.15) is 4.90 Å². The highest BCUT2D eigenvalue weighted by Gasteiger charge is 2.33. The first-order valence-electron chi connectivity index (χ1n) is 6.91. The molecular weight excluding hydrogens is 314 g/mol. The summed E-state index contributed by atoms with van der Waals surface area (Å²) in [6, 6.07) is 0. The van der Waals surface area contributed by atoms with E-state index in [0.29, 0.717) is 18.0 Å². The topological polar surface area (TPSA) is 37.4 Å². The Balaban J connectivity index is 2.33. The van der Waals surface area contributed by atoms with Crippen molar-refractivity contribution in [2.75, 3.05) is 13.1 Å². The molecule has 20 heavy (non-hydrogen) atoms. The third kappa shape index (κ3) is 3.21. The van der Waals surface area contributed by atoms with Gasteiger partial charge in [-0.1, -0.05) is 13.8 Å². The van der Waals surface area contributed by atoms with Gasteiger partial charge in [-0.15, -0.1) is 22.9 Å². The zero-order chi connectivity index (χ0) is 15.0. The van der Waals surface area contributed by atoms with E-state index in [1.54, 1.807) is 4.31 Å². The molecule has 1 aromatic heterocycles. The second kappa shape index (κ2) is 5.95. The first-order chi connectivity index (χ1) is 9.28. The maximum atomic E-state index is 12.9. The smallest absolute Gasteiger partial charge is 0.207 e. The SMILES string of the molecule is Cc1csc(CCl)c1S(=O)(=O)N1CCCC(C)(C)CC1. The lowest BCUT2D eigenvalue weighted by Crippen LogP contribution is -2.33. The number of rotatable bonds is 3. The Morgan fingerprint density at radius 1 is 1.35 bits per heavy atom. The Hall–Kier alpha value is -0.100. The molecule has 0 aromatic carbocycles. The van der Waals surface area contributed by atoms with Gasteiger partial charge in [0.15, 0.2) is 0 Å². The number of thiophene rings is 1. The number of nitrogens with zero attached hydrogens (tertiary/aromatic N) is 1. The molecule has 1 saturated heterocycles. The van der Waals surface area contributed by atoms with Gasteiger partial charge < -0.3 is 0 Å². The predicted octanol–water partition coefficient (Wildman–Crippen LogP) is 4.00. The Morgan fingerprint density at radius 3 is 2.70 bits per heavy atom. The Labute approximate surface area is 131 Å². The van der Waals surface area contributed by atoms with Crippen LogP contribution in [0.3, 0.4) is 0 Å². The minimum absolute atomic E-state index is 0.225. The molecule has 1 aromatic rings. The van der Waals surface area contributed by atoms with Crippen LogP contribution in [0.5, 0.6) is 0 Å². The van der Waals surface area contributed by atoms with Crippen LogP contribution >= 0.6 is 22.9 Å². The fourth-order valence-corrected chi connectivity index (χ4v) is 6.18. The van der Waals surface area contributed by atoms with Crippen molar-refractivity contribution in [3.63, 3.8) is 0 Å². The number of sulfonamides is 1. The van der Waals surface area contributed by atoms with Gasteiger partial charge in [-0.25, -0.2) is 8.42 Å². The average Bonchev–Trinajstić information content (AvgIpc) is 2.64. The lowest BCUT2D eigenvalue weighted by atomic mass is 9.85. The molecule has 0 amide bonds. The van der Waals surface area contributed by atoms with E-state index in [1.165, 1.54) is 11.3 Å². The molecule has 2 rings (SSSR count). The molecule has 0 unspecified atom stereocenters. The van der Waals surface area contributed by atoms with Crippen LogP contribution in [0.25, 0.3) is 0 Å². The summed E-state index contributed by atoms with van der Waals surface area (Å²) >= 11 is 7.33. The van der Waals surface area contributed by atoms with Crippen molar-refractivity contribution in [2.24, 2.45) is 5.41 Å². The van der Waals surface area contributed by atoms with Crippen molar-refractivity contribution in [2.45, 2.75) is 50.8 Å². The predicted molar refractivity (Wildman–Crippen MR) is 85.0 cm³/mol. The summed E-state index contributed by atoms with van der Waals surface area (Å²) in [7, 11) is -3.41. The minimum Gasteiger partial charge on any atom is -0.207 e. The summed E-state index contributed by atoms with van der Waals surface area (Å²) in [6.07, 6.45) is 2.90. The van der Waals surface area contributed by atoms with Gasteiger partial charge >= 0.3 is 0 Å². The van der Waals surface area contributed by atoms with Crippen molar-refractivity contribution in [3.05, 3.63) is 15.8 Å². The van der Waals surface area contributed by atoms with Crippen LogP contribution in [0.4, 0.5) is 0 Å². The van der Waals surface area contributed by atoms with Crippen LogP contribution in [-0.2, 0) is 15.9 Å². The van der Waals surface area contributed by atoms with Crippen molar-refractivity contribution >= 4 is 33.0 Å². The van der Waals surface area contributed by atoms with Gasteiger partial charge in [0.05, 0.1) is 5.88 Å². The summed E-state index contributed by atoms with van der Waals surface area (Å²) in [4.78, 5) is 1.20. The number of alkyl halides is 1. The van der Waals surface area contributed by atoms with E-state index in [0.717, 1.165) is 29.7 Å². The summed E-state index contributed by atoms with van der Waals surface area (Å²) < 4.78 is 27.4. The molecule has 0 saturated carbocycles. The molecule has 1 aliphatic heterocycles. The zero-order valence-corrected chi connectivity index (χ0v) is 14.7. The number of aryl methyl sites for hydroxylation is 1. The molecule has 0 spiro atoms. The highest BCUT2D eigenvalue weighted by atomic mass is 35.5. The van der Waals surface area contributed by atoms with Crippen LogP contribution < -0.4 is 0 Å². The lowest BCUT2D eigenvalue weighted by molar-refractivity contribution is 0.315. The first kappa shape index (κ1) is 16.3. The van der Waals surface area contributed by atoms with E-state index in [2.05, 4.69) is 13.8 Å². The van der Waals surface area contributed by atoms with Crippen molar-refractivity contribution in [3.8, 4) is 0 Å². The van der Waals surface area contributed by atoms with Crippen molar-refractivity contribution in [1.82, 2.24) is 4.31 Å². The van der Waals surface area contributed by atoms with Gasteiger partial charge in [0.25, 0.3) is 0 Å². The molecular formula is C14H22ClNO2S2. The van der Waals surface area contributed by atoms with E-state index in [4.69, 9.17) is 11.6 Å². The quantitative estimate of drug-likeness (QED) is 0.783. The third-order valence-corrected chi connectivity index (χ3v) is 7.80. The fourth-order valence-electron chi connectivity index (χ4n) is 2.69. The molecule has 0 atom stereocenters. The van der Waals surface area contributed by atoms with Gasteiger partial charge in [-0.3, -0.25) is 0 Å². The molecule has 6 heteroatoms. The van der Waals surface area contributed by atoms with E-state index < -0.39 is 10.0 Å². The lowest BCUT2D eigenvalue weighted by Gasteiger charge is -2.23. The summed E-state index contributed by atoms with van der Waals surface area (Å²) in [5.41, 5.74) is 1.04. The summed E-state index contributed by atoms with van der Waals surface area (Å²) in [5.74, 6) is 0.256. The average molecular weight is 336 g/mol. The standard InChI is InChI=1S/C14H22ClNO2S2/c1-11-10-19-12(9-15)13(11)20(17,18)16-7-4-5-14(2,3)6-8-16/h10H,4-9H2,1-3H3. The van der Waals surface area contributed by atoms with Crippen LogP contribution in [0.1, 0.15) is 43.6 Å². The van der Waals surface area contributed by atoms with Crippen LogP contribution in [0.15, 0.2) is 10.3 Å². The highest BCUT2D eigenvalue weighted by molar-refractivity contribution is 7.89. The molecule has 114 valence electrons. The second-order valence-corrected chi connectivity index (χ2v) is 9.33. The molecule has 0 radical (unpaired) electrons. The highest BCUT2D eigenvalue weighted by Crippen LogP contribution is 2.35. The molecule has 0 aliphatic carbocycles. The fraction of sp³-hybridized carbons (Fsp3) is 0.714. The van der Waals surface area contributed by atoms with E-state index >= 15 is 0 Å². The third-order valence-electron chi connectivity index (χ3n) is 4.01.